The van der Waals surface area contributed by atoms with Crippen molar-refractivity contribution in [1.82, 2.24) is 9.88 Å². The van der Waals surface area contributed by atoms with Crippen molar-refractivity contribution in [3.05, 3.63) is 53.2 Å². The zero-order chi connectivity index (χ0) is 22.1. The molecule has 0 radical (unpaired) electrons. The minimum absolute atomic E-state index is 0.0148. The van der Waals surface area contributed by atoms with Crippen molar-refractivity contribution >= 4 is 23.5 Å². The molecule has 0 aliphatic carbocycles. The van der Waals surface area contributed by atoms with E-state index in [1.807, 2.05) is 30.2 Å². The van der Waals surface area contributed by atoms with Crippen LogP contribution in [0.15, 0.2) is 36.5 Å². The van der Waals surface area contributed by atoms with E-state index >= 15 is 0 Å². The fraction of sp³-hybridized carbons (Fsp3) is 0.458. The number of nitrogens with zero attached hydrogens (tertiary/aromatic N) is 4. The van der Waals surface area contributed by atoms with E-state index in [1.54, 1.807) is 17.0 Å². The number of hydrogen-bond acceptors (Lipinski definition) is 5. The summed E-state index contributed by atoms with van der Waals surface area (Å²) in [6.45, 7) is 11.5. The standard InChI is InChI=1S/C24H30N4O3/c1-16(2)21-15-31-24(30)28(21)20-7-5-19(6-8-20)23(29)27-11-9-26(10-12-27)22-18(4)13-17(3)14-25-22/h5-8,13-14,16,21H,9-12,15H2,1-4H3/t21-/m1/s1. The zero-order valence-electron chi connectivity index (χ0n) is 18.7. The molecule has 2 aliphatic heterocycles. The number of hydrogen-bond donors (Lipinski definition) is 0. The third-order valence-electron chi connectivity index (χ3n) is 6.12. The fourth-order valence-corrected chi connectivity index (χ4v) is 4.33. The molecule has 7 heteroatoms. The van der Waals surface area contributed by atoms with E-state index in [9.17, 15) is 9.59 Å². The molecule has 0 spiro atoms. The maximum atomic E-state index is 13.0. The molecule has 2 aliphatic rings. The number of benzene rings is 1. The van der Waals surface area contributed by atoms with Gasteiger partial charge < -0.3 is 14.5 Å². The molecular weight excluding hydrogens is 392 g/mol. The van der Waals surface area contributed by atoms with E-state index in [-0.39, 0.29) is 24.0 Å². The Labute approximate surface area is 183 Å². The third kappa shape index (κ3) is 4.22. The van der Waals surface area contributed by atoms with Gasteiger partial charge in [0.2, 0.25) is 0 Å². The molecule has 0 bridgehead atoms. The average molecular weight is 423 g/mol. The Bertz CT molecular complexity index is 965. The van der Waals surface area contributed by atoms with Crippen LogP contribution in [0.1, 0.15) is 35.3 Å². The van der Waals surface area contributed by atoms with E-state index in [2.05, 4.69) is 36.7 Å². The Hall–Kier alpha value is -3.09. The smallest absolute Gasteiger partial charge is 0.414 e. The molecule has 0 N–H and O–H groups in total. The summed E-state index contributed by atoms with van der Waals surface area (Å²) in [5, 5.41) is 0. The summed E-state index contributed by atoms with van der Waals surface area (Å²) >= 11 is 0. The molecule has 2 fully saturated rings. The number of aryl methyl sites for hydroxylation is 2. The fourth-order valence-electron chi connectivity index (χ4n) is 4.33. The average Bonchev–Trinajstić information content (AvgIpc) is 3.15. The lowest BCUT2D eigenvalue weighted by atomic mass is 10.0. The van der Waals surface area contributed by atoms with Gasteiger partial charge in [-0.2, -0.15) is 0 Å². The molecule has 31 heavy (non-hydrogen) atoms. The van der Waals surface area contributed by atoms with Gasteiger partial charge in [-0.1, -0.05) is 19.9 Å². The third-order valence-corrected chi connectivity index (χ3v) is 6.12. The maximum Gasteiger partial charge on any atom is 0.414 e. The molecule has 2 saturated heterocycles. The molecule has 164 valence electrons. The van der Waals surface area contributed by atoms with Crippen molar-refractivity contribution in [2.75, 3.05) is 42.6 Å². The first-order valence-electron chi connectivity index (χ1n) is 10.9. The SMILES string of the molecule is Cc1cnc(N2CCN(C(=O)c3ccc(N4C(=O)OC[C@@H]4C(C)C)cc3)CC2)c(C)c1. The van der Waals surface area contributed by atoms with Gasteiger partial charge in [-0.05, 0) is 55.2 Å². The van der Waals surface area contributed by atoms with Gasteiger partial charge in [0.25, 0.3) is 5.91 Å². The van der Waals surface area contributed by atoms with Crippen LogP contribution in [-0.4, -0.2) is 60.7 Å². The van der Waals surface area contributed by atoms with Gasteiger partial charge in [0.15, 0.2) is 0 Å². The van der Waals surface area contributed by atoms with Crippen LogP contribution in [-0.2, 0) is 4.74 Å². The molecule has 1 atom stereocenters. The predicted octanol–water partition coefficient (Wildman–Crippen LogP) is 3.64. The predicted molar refractivity (Wildman–Crippen MR) is 121 cm³/mol. The zero-order valence-corrected chi connectivity index (χ0v) is 18.7. The number of ether oxygens (including phenoxy) is 1. The van der Waals surface area contributed by atoms with Gasteiger partial charge in [-0.25, -0.2) is 9.78 Å². The van der Waals surface area contributed by atoms with Crippen LogP contribution in [0.25, 0.3) is 0 Å². The number of rotatable bonds is 4. The Morgan fingerprint density at radius 2 is 1.77 bits per heavy atom. The lowest BCUT2D eigenvalue weighted by molar-refractivity contribution is 0.0746. The highest BCUT2D eigenvalue weighted by atomic mass is 16.6. The minimum Gasteiger partial charge on any atom is -0.447 e. The van der Waals surface area contributed by atoms with E-state index in [1.165, 1.54) is 0 Å². The van der Waals surface area contributed by atoms with Crippen LogP contribution in [0.3, 0.4) is 0 Å². The van der Waals surface area contributed by atoms with E-state index < -0.39 is 0 Å². The summed E-state index contributed by atoms with van der Waals surface area (Å²) in [5.41, 5.74) is 3.72. The van der Waals surface area contributed by atoms with Gasteiger partial charge in [-0.15, -0.1) is 0 Å². The van der Waals surface area contributed by atoms with E-state index in [0.717, 1.165) is 35.7 Å². The molecule has 3 heterocycles. The van der Waals surface area contributed by atoms with Gasteiger partial charge in [-0.3, -0.25) is 9.69 Å². The summed E-state index contributed by atoms with van der Waals surface area (Å²) in [6, 6.07) is 9.44. The lowest BCUT2D eigenvalue weighted by Gasteiger charge is -2.36. The summed E-state index contributed by atoms with van der Waals surface area (Å²) in [4.78, 5) is 35.6. The summed E-state index contributed by atoms with van der Waals surface area (Å²) in [5.74, 6) is 1.30. The molecule has 0 unspecified atom stereocenters. The van der Waals surface area contributed by atoms with Crippen LogP contribution in [0.5, 0.6) is 0 Å². The number of cyclic esters (lactones) is 1. The summed E-state index contributed by atoms with van der Waals surface area (Å²) < 4.78 is 5.23. The number of pyridine rings is 1. The van der Waals surface area contributed by atoms with E-state index in [4.69, 9.17) is 4.74 Å². The Kier molecular flexibility index (Phi) is 5.85. The van der Waals surface area contributed by atoms with Crippen molar-refractivity contribution in [2.45, 2.75) is 33.7 Å². The topological polar surface area (TPSA) is 66.0 Å². The lowest BCUT2D eigenvalue weighted by Crippen LogP contribution is -2.49. The van der Waals surface area contributed by atoms with Crippen LogP contribution in [0.4, 0.5) is 16.3 Å². The molecule has 0 saturated carbocycles. The van der Waals surface area contributed by atoms with Gasteiger partial charge in [0, 0.05) is 43.6 Å². The number of anilines is 2. The normalized spacial score (nSPS) is 19.2. The molecule has 7 nitrogen and oxygen atoms in total. The maximum absolute atomic E-state index is 13.0. The van der Waals surface area contributed by atoms with Gasteiger partial charge in [0.05, 0.1) is 6.04 Å². The molecule has 2 amide bonds. The highest BCUT2D eigenvalue weighted by Crippen LogP contribution is 2.28. The number of carbonyl (C=O) groups is 2. The number of piperazine rings is 1. The first-order chi connectivity index (χ1) is 14.8. The van der Waals surface area contributed by atoms with Crippen LogP contribution in [0, 0.1) is 19.8 Å². The Balaban J connectivity index is 1.41. The molecule has 4 rings (SSSR count). The number of aromatic nitrogens is 1. The largest absolute Gasteiger partial charge is 0.447 e. The number of carbonyl (C=O) groups excluding carboxylic acids is 2. The summed E-state index contributed by atoms with van der Waals surface area (Å²) in [6.07, 6.45) is 1.57. The van der Waals surface area contributed by atoms with Crippen molar-refractivity contribution in [2.24, 2.45) is 5.92 Å². The second-order valence-electron chi connectivity index (χ2n) is 8.74. The van der Waals surface area contributed by atoms with Crippen molar-refractivity contribution in [1.29, 1.82) is 0 Å². The first kappa shape index (κ1) is 21.2. The molecule has 2 aromatic rings. The van der Waals surface area contributed by atoms with Crippen molar-refractivity contribution in [3.8, 4) is 0 Å². The molecular formula is C24H30N4O3. The second-order valence-corrected chi connectivity index (χ2v) is 8.74. The van der Waals surface area contributed by atoms with E-state index in [0.29, 0.717) is 25.3 Å². The highest BCUT2D eigenvalue weighted by molar-refractivity contribution is 5.96. The van der Waals surface area contributed by atoms with Crippen LogP contribution in [0.2, 0.25) is 0 Å². The van der Waals surface area contributed by atoms with Gasteiger partial charge >= 0.3 is 6.09 Å². The van der Waals surface area contributed by atoms with Gasteiger partial charge in [0.1, 0.15) is 12.4 Å². The Morgan fingerprint density at radius 1 is 1.10 bits per heavy atom. The van der Waals surface area contributed by atoms with Crippen molar-refractivity contribution < 1.29 is 14.3 Å². The monoisotopic (exact) mass is 422 g/mol. The molecule has 1 aromatic carbocycles. The first-order valence-corrected chi connectivity index (χ1v) is 10.9. The second kappa shape index (κ2) is 8.57. The number of amides is 2. The highest BCUT2D eigenvalue weighted by Gasteiger charge is 2.36. The van der Waals surface area contributed by atoms with Crippen LogP contribution >= 0.6 is 0 Å². The van der Waals surface area contributed by atoms with Crippen LogP contribution < -0.4 is 9.80 Å². The summed E-state index contributed by atoms with van der Waals surface area (Å²) in [7, 11) is 0. The minimum atomic E-state index is -0.325. The van der Waals surface area contributed by atoms with Crippen molar-refractivity contribution in [3.63, 3.8) is 0 Å². The Morgan fingerprint density at radius 3 is 2.39 bits per heavy atom. The molecule has 1 aromatic heterocycles. The quantitative estimate of drug-likeness (QED) is 0.753.